The fraction of sp³-hybridized carbons (Fsp3) is 0.364. The number of rotatable bonds is 5. The molecule has 5 rings (SSSR count). The molecular weight excluding hydrogens is 465 g/mol. The smallest absolute Gasteiger partial charge is 0.280 e. The summed E-state index contributed by atoms with van der Waals surface area (Å²) in [5, 5.41) is 9.24. The number of hydrogen-bond donors (Lipinski definition) is 2. The first kappa shape index (κ1) is 19.4. The van der Waals surface area contributed by atoms with E-state index in [2.05, 4.69) is 25.7 Å². The predicted molar refractivity (Wildman–Crippen MR) is 122 cm³/mol. The minimum atomic E-state index is -3.39. The van der Waals surface area contributed by atoms with Gasteiger partial charge in [-0.05, 0) is 25.5 Å². The molecule has 0 radical (unpaired) electrons. The van der Waals surface area contributed by atoms with E-state index in [-0.39, 0.29) is 47.5 Å². The Morgan fingerprint density at radius 1 is 1.34 bits per heavy atom. The summed E-state index contributed by atoms with van der Waals surface area (Å²) >= 11 is 0. The van der Waals surface area contributed by atoms with Gasteiger partial charge in [-0.25, -0.2) is 22.7 Å². The number of fused-ring (bicyclic) bond motifs is 2. The maximum atomic E-state index is 15.3. The maximum Gasteiger partial charge on any atom is 0.280 e. The van der Waals surface area contributed by atoms with Crippen molar-refractivity contribution in [3.8, 4) is 17.0 Å². The molecule has 0 aliphatic carbocycles. The molecule has 0 aromatic carbocycles. The quantitative estimate of drug-likeness (QED) is 0.442. The molecule has 1 fully saturated rings. The second-order valence-corrected chi connectivity index (χ2v) is 8.13. The van der Waals surface area contributed by atoms with Gasteiger partial charge in [0.1, 0.15) is 16.9 Å². The molecule has 1 saturated heterocycles. The van der Waals surface area contributed by atoms with Crippen LogP contribution < -0.4 is 15.4 Å². The number of aromatic nitrogens is 5. The molecule has 0 bridgehead atoms. The summed E-state index contributed by atoms with van der Waals surface area (Å²) in [5.74, 6) is -4.78. The lowest BCUT2D eigenvalue weighted by molar-refractivity contribution is -0.0675. The molecule has 4 aromatic rings. The second kappa shape index (κ2) is 8.41. The molecule has 0 saturated carbocycles. The minimum absolute atomic E-state index is 0.0724. The van der Waals surface area contributed by atoms with Crippen molar-refractivity contribution in [2.24, 2.45) is 0 Å². The molecule has 0 spiro atoms. The van der Waals surface area contributed by atoms with Crippen LogP contribution in [0.4, 0.5) is 19.1 Å². The number of methoxy groups -OCH3 is 1. The van der Waals surface area contributed by atoms with Crippen LogP contribution >= 0.6 is 0 Å². The van der Waals surface area contributed by atoms with Gasteiger partial charge in [-0.2, -0.15) is 4.98 Å². The van der Waals surface area contributed by atoms with Gasteiger partial charge in [0.25, 0.3) is 11.8 Å². The van der Waals surface area contributed by atoms with E-state index >= 15 is 4.39 Å². The van der Waals surface area contributed by atoms with E-state index in [9.17, 15) is 13.6 Å². The third kappa shape index (κ3) is 3.91. The number of nitrogens with one attached hydrogen (secondary N) is 2. The Bertz CT molecular complexity index is 1540. The van der Waals surface area contributed by atoms with Crippen molar-refractivity contribution < 1.29 is 26.8 Å². The fourth-order valence-electron chi connectivity index (χ4n) is 4.20. The number of nitrogens with zero attached hydrogens (tertiary/aromatic N) is 6. The van der Waals surface area contributed by atoms with Gasteiger partial charge >= 0.3 is 0 Å². The van der Waals surface area contributed by atoms with E-state index in [1.807, 2.05) is 0 Å². The second-order valence-electron chi connectivity index (χ2n) is 8.13. The largest absolute Gasteiger partial charge is 0.479 e. The highest BCUT2D eigenvalue weighted by atomic mass is 19.3. The lowest BCUT2D eigenvalue weighted by Crippen LogP contribution is -2.53. The van der Waals surface area contributed by atoms with Crippen molar-refractivity contribution in [1.82, 2.24) is 34.2 Å². The Morgan fingerprint density at radius 2 is 2.17 bits per heavy atom. The van der Waals surface area contributed by atoms with Crippen LogP contribution in [-0.2, 0) is 0 Å². The van der Waals surface area contributed by atoms with Crippen LogP contribution in [0.5, 0.6) is 5.88 Å². The van der Waals surface area contributed by atoms with Crippen molar-refractivity contribution in [1.29, 1.82) is 0 Å². The van der Waals surface area contributed by atoms with E-state index in [1.54, 1.807) is 12.1 Å². The molecule has 0 unspecified atom stereocenters. The van der Waals surface area contributed by atoms with E-state index < -0.39 is 31.3 Å². The molecule has 5 heterocycles. The number of carbonyl (C=O) groups is 1. The highest BCUT2D eigenvalue weighted by molar-refractivity contribution is 5.93. The summed E-state index contributed by atoms with van der Waals surface area (Å²) in [5.41, 5.74) is 1.29. The number of pyridine rings is 1. The molecule has 4 aromatic heterocycles. The first-order valence-corrected chi connectivity index (χ1v) is 10.6. The van der Waals surface area contributed by atoms with Gasteiger partial charge in [0, 0.05) is 29.5 Å². The Balaban J connectivity index is 1.52. The van der Waals surface area contributed by atoms with Crippen LogP contribution in [0.15, 0.2) is 30.7 Å². The van der Waals surface area contributed by atoms with E-state index in [4.69, 9.17) is 8.85 Å². The highest BCUT2D eigenvalue weighted by Crippen LogP contribution is 2.35. The molecule has 1 atom stereocenters. The number of hydrogen-bond acceptors (Lipinski definition) is 7. The van der Waals surface area contributed by atoms with E-state index in [1.165, 1.54) is 31.0 Å². The SMILES string of the molecule is [2H]C([2H])([2H])N1CC[C@@H](Nc2nc(OC)c3c(-c4ccc5ncc(C(=O)NC)n5c4)c(F)cn3n2)C(F)(F)C1. The number of alkyl halides is 2. The van der Waals surface area contributed by atoms with Crippen molar-refractivity contribution >= 4 is 23.0 Å². The number of amides is 1. The van der Waals surface area contributed by atoms with Gasteiger partial charge in [-0.3, -0.25) is 9.20 Å². The van der Waals surface area contributed by atoms with Crippen molar-refractivity contribution in [2.75, 3.05) is 39.5 Å². The van der Waals surface area contributed by atoms with Crippen LogP contribution in [0, 0.1) is 5.82 Å². The first-order valence-electron chi connectivity index (χ1n) is 12.1. The summed E-state index contributed by atoms with van der Waals surface area (Å²) < 4.78 is 75.1. The van der Waals surface area contributed by atoms with Gasteiger partial charge in [0.15, 0.2) is 5.82 Å². The Kier molecular flexibility index (Phi) is 4.67. The lowest BCUT2D eigenvalue weighted by atomic mass is 10.0. The first-order chi connectivity index (χ1) is 17.9. The van der Waals surface area contributed by atoms with E-state index in [0.29, 0.717) is 11.2 Å². The van der Waals surface area contributed by atoms with Gasteiger partial charge in [-0.1, -0.05) is 0 Å². The molecule has 1 aliphatic heterocycles. The van der Waals surface area contributed by atoms with Gasteiger partial charge in [0.05, 0.1) is 37.7 Å². The lowest BCUT2D eigenvalue weighted by Gasteiger charge is -2.36. The molecular formula is C22H23F3N8O2. The molecule has 2 N–H and O–H groups in total. The van der Waals surface area contributed by atoms with Crippen molar-refractivity contribution in [3.05, 3.63) is 42.2 Å². The number of carbonyl (C=O) groups excluding carboxylic acids is 1. The Labute approximate surface area is 201 Å². The molecule has 10 nitrogen and oxygen atoms in total. The number of halogens is 3. The molecule has 184 valence electrons. The topological polar surface area (TPSA) is 101 Å². The number of piperidine rings is 1. The van der Waals surface area contributed by atoms with Gasteiger partial charge in [0.2, 0.25) is 11.8 Å². The average Bonchev–Trinajstić information content (AvgIpc) is 3.43. The zero-order valence-electron chi connectivity index (χ0n) is 21.7. The minimum Gasteiger partial charge on any atom is -0.479 e. The summed E-state index contributed by atoms with van der Waals surface area (Å²) in [6.07, 6.45) is 3.81. The normalized spacial score (nSPS) is 19.8. The van der Waals surface area contributed by atoms with Gasteiger partial charge in [-0.15, -0.1) is 5.10 Å². The highest BCUT2D eigenvalue weighted by Gasteiger charge is 2.44. The third-order valence-corrected chi connectivity index (χ3v) is 5.90. The molecule has 13 heteroatoms. The zero-order chi connectivity index (χ0) is 27.4. The molecule has 35 heavy (non-hydrogen) atoms. The van der Waals surface area contributed by atoms with Crippen LogP contribution in [0.1, 0.15) is 21.0 Å². The monoisotopic (exact) mass is 491 g/mol. The van der Waals surface area contributed by atoms with Crippen LogP contribution in [0.2, 0.25) is 0 Å². The van der Waals surface area contributed by atoms with Crippen LogP contribution in [0.3, 0.4) is 0 Å². The van der Waals surface area contributed by atoms with E-state index in [0.717, 1.165) is 15.6 Å². The summed E-state index contributed by atoms with van der Waals surface area (Å²) in [6.45, 7) is -3.68. The molecule has 1 aliphatic rings. The van der Waals surface area contributed by atoms with Crippen molar-refractivity contribution in [3.63, 3.8) is 0 Å². The summed E-state index contributed by atoms with van der Waals surface area (Å²) in [4.78, 5) is 21.3. The van der Waals surface area contributed by atoms with Crippen LogP contribution in [-0.4, -0.2) is 81.0 Å². The molecule has 1 amide bonds. The fourth-order valence-corrected chi connectivity index (χ4v) is 4.20. The zero-order valence-corrected chi connectivity index (χ0v) is 18.7. The third-order valence-electron chi connectivity index (χ3n) is 5.90. The Hall–Kier alpha value is -3.87. The van der Waals surface area contributed by atoms with Gasteiger partial charge < -0.3 is 20.3 Å². The summed E-state index contributed by atoms with van der Waals surface area (Å²) in [7, 11) is 2.78. The summed E-state index contributed by atoms with van der Waals surface area (Å²) in [6, 6.07) is 1.77. The van der Waals surface area contributed by atoms with Crippen molar-refractivity contribution in [2.45, 2.75) is 18.4 Å². The number of ether oxygens (including phenoxy) is 1. The van der Waals surface area contributed by atoms with Crippen LogP contribution in [0.25, 0.3) is 22.3 Å². The number of imidazole rings is 1. The number of anilines is 1. The maximum absolute atomic E-state index is 15.3. The standard InChI is InChI=1S/C22H23F3N8O2/c1-26-19(34)14-8-27-16-5-4-12(9-32(14)16)17-13(23)10-33-18(17)20(35-3)29-21(30-33)28-15-6-7-31(2)11-22(15,24)25/h4-5,8-10,15H,6-7,11H2,1-3H3,(H,26,34)(H,28,30)/t15-/m1/s1/i2D3. The average molecular weight is 491 g/mol. The Morgan fingerprint density at radius 3 is 2.89 bits per heavy atom. The predicted octanol–water partition coefficient (Wildman–Crippen LogP) is 2.30. The number of likely N-dealkylation sites (tertiary alicyclic amines) is 1.